The van der Waals surface area contributed by atoms with Gasteiger partial charge in [-0.3, -0.25) is 0 Å². The first-order valence-corrected chi connectivity index (χ1v) is 5.87. The van der Waals surface area contributed by atoms with Gasteiger partial charge in [0.1, 0.15) is 6.07 Å². The van der Waals surface area contributed by atoms with Crippen LogP contribution in [0.15, 0.2) is 16.6 Å². The maximum atomic E-state index is 13.5. The molecule has 0 fully saturated rings. The fraction of sp³-hybridized carbons (Fsp3) is 0.417. The van der Waals surface area contributed by atoms with Gasteiger partial charge in [0.25, 0.3) is 0 Å². The standard InChI is InChI=1S/C12H13BrFN/c1-2-3-4-5-9-6-7-11(13)12(14)10(9)8-15/h6-7H,2-5H2,1H3. The number of nitriles is 1. The number of rotatable bonds is 4. The summed E-state index contributed by atoms with van der Waals surface area (Å²) < 4.78 is 13.9. The van der Waals surface area contributed by atoms with Gasteiger partial charge in [-0.2, -0.15) is 5.26 Å². The summed E-state index contributed by atoms with van der Waals surface area (Å²) in [5, 5.41) is 8.87. The van der Waals surface area contributed by atoms with Gasteiger partial charge >= 0.3 is 0 Å². The maximum Gasteiger partial charge on any atom is 0.155 e. The lowest BCUT2D eigenvalue weighted by Crippen LogP contribution is -1.95. The van der Waals surface area contributed by atoms with Crippen molar-refractivity contribution in [1.82, 2.24) is 0 Å². The Morgan fingerprint density at radius 2 is 2.13 bits per heavy atom. The van der Waals surface area contributed by atoms with Crippen LogP contribution in [-0.2, 0) is 6.42 Å². The Morgan fingerprint density at radius 1 is 1.40 bits per heavy atom. The Labute approximate surface area is 98.0 Å². The molecule has 80 valence electrons. The molecule has 0 heterocycles. The lowest BCUT2D eigenvalue weighted by Gasteiger charge is -2.05. The minimum absolute atomic E-state index is 0.181. The molecule has 0 radical (unpaired) electrons. The number of hydrogen-bond donors (Lipinski definition) is 0. The monoisotopic (exact) mass is 269 g/mol. The van der Waals surface area contributed by atoms with Crippen molar-refractivity contribution in [1.29, 1.82) is 5.26 Å². The highest BCUT2D eigenvalue weighted by molar-refractivity contribution is 9.10. The van der Waals surface area contributed by atoms with Crippen LogP contribution >= 0.6 is 15.9 Å². The fourth-order valence-corrected chi connectivity index (χ4v) is 1.82. The van der Waals surface area contributed by atoms with Crippen molar-refractivity contribution in [2.24, 2.45) is 0 Å². The third-order valence-corrected chi connectivity index (χ3v) is 2.96. The van der Waals surface area contributed by atoms with E-state index in [0.29, 0.717) is 4.47 Å². The molecule has 0 aromatic heterocycles. The minimum Gasteiger partial charge on any atom is -0.204 e. The summed E-state index contributed by atoms with van der Waals surface area (Å²) in [4.78, 5) is 0. The van der Waals surface area contributed by atoms with Gasteiger partial charge < -0.3 is 0 Å². The van der Waals surface area contributed by atoms with E-state index in [1.165, 1.54) is 0 Å². The smallest absolute Gasteiger partial charge is 0.155 e. The second kappa shape index (κ2) is 5.87. The van der Waals surface area contributed by atoms with Crippen molar-refractivity contribution in [3.05, 3.63) is 33.5 Å². The van der Waals surface area contributed by atoms with E-state index in [9.17, 15) is 4.39 Å². The molecule has 3 heteroatoms. The summed E-state index contributed by atoms with van der Waals surface area (Å²) in [7, 11) is 0. The molecule has 0 saturated carbocycles. The quantitative estimate of drug-likeness (QED) is 0.752. The highest BCUT2D eigenvalue weighted by Crippen LogP contribution is 2.23. The van der Waals surface area contributed by atoms with Crippen LogP contribution in [-0.4, -0.2) is 0 Å². The highest BCUT2D eigenvalue weighted by Gasteiger charge is 2.10. The Bertz CT molecular complexity index is 382. The number of benzene rings is 1. The zero-order valence-corrected chi connectivity index (χ0v) is 10.3. The Morgan fingerprint density at radius 3 is 2.73 bits per heavy atom. The number of aryl methyl sites for hydroxylation is 1. The third kappa shape index (κ3) is 3.04. The molecular formula is C12H13BrFN. The average Bonchev–Trinajstić information content (AvgIpc) is 2.24. The summed E-state index contributed by atoms with van der Waals surface area (Å²) in [6, 6.07) is 5.41. The van der Waals surface area contributed by atoms with Crippen molar-refractivity contribution >= 4 is 15.9 Å². The predicted molar refractivity (Wildman–Crippen MR) is 62.0 cm³/mol. The maximum absolute atomic E-state index is 13.5. The van der Waals surface area contributed by atoms with Crippen molar-refractivity contribution in [2.75, 3.05) is 0 Å². The van der Waals surface area contributed by atoms with Crippen LogP contribution in [0.3, 0.4) is 0 Å². The summed E-state index contributed by atoms with van der Waals surface area (Å²) >= 11 is 3.08. The van der Waals surface area contributed by atoms with Crippen LogP contribution < -0.4 is 0 Å². The molecule has 1 aromatic carbocycles. The molecule has 0 unspecified atom stereocenters. The van der Waals surface area contributed by atoms with E-state index in [4.69, 9.17) is 5.26 Å². The van der Waals surface area contributed by atoms with Crippen molar-refractivity contribution < 1.29 is 4.39 Å². The van der Waals surface area contributed by atoms with E-state index in [-0.39, 0.29) is 5.56 Å². The normalized spacial score (nSPS) is 10.0. The molecule has 0 N–H and O–H groups in total. The third-order valence-electron chi connectivity index (χ3n) is 2.34. The summed E-state index contributed by atoms with van der Waals surface area (Å²) in [5.74, 6) is -0.438. The van der Waals surface area contributed by atoms with Crippen molar-refractivity contribution in [3.8, 4) is 6.07 Å². The van der Waals surface area contributed by atoms with Gasteiger partial charge in [-0.1, -0.05) is 25.8 Å². The minimum atomic E-state index is -0.438. The van der Waals surface area contributed by atoms with E-state index >= 15 is 0 Å². The van der Waals surface area contributed by atoms with Gasteiger partial charge in [0.2, 0.25) is 0 Å². The molecule has 0 aliphatic carbocycles. The first kappa shape index (κ1) is 12.2. The largest absolute Gasteiger partial charge is 0.204 e. The van der Waals surface area contributed by atoms with Crippen molar-refractivity contribution in [3.63, 3.8) is 0 Å². The number of hydrogen-bond acceptors (Lipinski definition) is 1. The van der Waals surface area contributed by atoms with E-state index in [1.807, 2.05) is 12.1 Å². The Balaban J connectivity index is 2.89. The topological polar surface area (TPSA) is 23.8 Å². The number of nitrogens with zero attached hydrogens (tertiary/aromatic N) is 1. The van der Waals surface area contributed by atoms with Crippen LogP contribution in [0, 0.1) is 17.1 Å². The summed E-state index contributed by atoms with van der Waals surface area (Å²) in [6.45, 7) is 2.12. The lowest BCUT2D eigenvalue weighted by atomic mass is 10.0. The van der Waals surface area contributed by atoms with Crippen molar-refractivity contribution in [2.45, 2.75) is 32.6 Å². The van der Waals surface area contributed by atoms with Crippen LogP contribution in [0.4, 0.5) is 4.39 Å². The van der Waals surface area contributed by atoms with Gasteiger partial charge in [0.15, 0.2) is 5.82 Å². The van der Waals surface area contributed by atoms with Crippen LogP contribution in [0.1, 0.15) is 37.3 Å². The predicted octanol–water partition coefficient (Wildman–Crippen LogP) is 4.19. The van der Waals surface area contributed by atoms with Crippen LogP contribution in [0.25, 0.3) is 0 Å². The van der Waals surface area contributed by atoms with Crippen LogP contribution in [0.5, 0.6) is 0 Å². The highest BCUT2D eigenvalue weighted by atomic mass is 79.9. The first-order chi connectivity index (χ1) is 7.20. The molecule has 1 aromatic rings. The van der Waals surface area contributed by atoms with Gasteiger partial charge in [-0.15, -0.1) is 0 Å². The van der Waals surface area contributed by atoms with E-state index in [1.54, 1.807) is 6.07 Å². The molecule has 0 bridgehead atoms. The molecule has 0 aliphatic heterocycles. The SMILES string of the molecule is CCCCCc1ccc(Br)c(F)c1C#N. The number of unbranched alkanes of at least 4 members (excludes halogenated alkanes) is 2. The molecule has 1 nitrogen and oxygen atoms in total. The second-order valence-electron chi connectivity index (χ2n) is 3.46. The van der Waals surface area contributed by atoms with Gasteiger partial charge in [0, 0.05) is 0 Å². The molecule has 0 saturated heterocycles. The van der Waals surface area contributed by atoms with E-state index in [0.717, 1.165) is 31.2 Å². The Kier molecular flexibility index (Phi) is 4.77. The van der Waals surface area contributed by atoms with E-state index in [2.05, 4.69) is 22.9 Å². The van der Waals surface area contributed by atoms with Gasteiger partial charge in [-0.05, 0) is 40.4 Å². The summed E-state index contributed by atoms with van der Waals surface area (Å²) in [6.07, 6.45) is 4.02. The zero-order valence-electron chi connectivity index (χ0n) is 8.69. The molecule has 0 atom stereocenters. The fourth-order valence-electron chi connectivity index (χ4n) is 1.49. The van der Waals surface area contributed by atoms with Gasteiger partial charge in [0.05, 0.1) is 10.0 Å². The molecule has 15 heavy (non-hydrogen) atoms. The molecule has 0 spiro atoms. The summed E-state index contributed by atoms with van der Waals surface area (Å²) in [5.41, 5.74) is 0.993. The second-order valence-corrected chi connectivity index (χ2v) is 4.32. The van der Waals surface area contributed by atoms with Crippen LogP contribution in [0.2, 0.25) is 0 Å². The first-order valence-electron chi connectivity index (χ1n) is 5.07. The molecular weight excluding hydrogens is 257 g/mol. The number of halogens is 2. The average molecular weight is 270 g/mol. The zero-order chi connectivity index (χ0) is 11.3. The molecule has 0 aliphatic rings. The van der Waals surface area contributed by atoms with Gasteiger partial charge in [-0.25, -0.2) is 4.39 Å². The molecule has 1 rings (SSSR count). The molecule has 0 amide bonds. The Hall–Kier alpha value is -0.880. The lowest BCUT2D eigenvalue weighted by molar-refractivity contribution is 0.612. The van der Waals surface area contributed by atoms with E-state index < -0.39 is 5.82 Å².